The maximum atomic E-state index is 12.2. The summed E-state index contributed by atoms with van der Waals surface area (Å²) in [6, 6.07) is 0. The summed E-state index contributed by atoms with van der Waals surface area (Å²) in [5.41, 5.74) is -0.478. The van der Waals surface area contributed by atoms with Crippen LogP contribution >= 0.6 is 0 Å². The number of halogens is 1. The van der Waals surface area contributed by atoms with Gasteiger partial charge in [0.1, 0.15) is 13.0 Å². The van der Waals surface area contributed by atoms with Gasteiger partial charge in [-0.3, -0.25) is 4.79 Å². The molecule has 0 unspecified atom stereocenters. The van der Waals surface area contributed by atoms with Gasteiger partial charge in [-0.2, -0.15) is 4.68 Å². The van der Waals surface area contributed by atoms with E-state index in [1.807, 2.05) is 0 Å². The van der Waals surface area contributed by atoms with Crippen molar-refractivity contribution in [3.05, 3.63) is 22.5 Å². The summed E-state index contributed by atoms with van der Waals surface area (Å²) >= 11 is 0. The van der Waals surface area contributed by atoms with Crippen LogP contribution in [0.15, 0.2) is 11.1 Å². The fourth-order valence-corrected chi connectivity index (χ4v) is 1.42. The van der Waals surface area contributed by atoms with E-state index in [4.69, 9.17) is 0 Å². The quantitative estimate of drug-likeness (QED) is 0.698. The third-order valence-corrected chi connectivity index (χ3v) is 2.32. The second-order valence-electron chi connectivity index (χ2n) is 3.77. The Labute approximate surface area is 101 Å². The minimum atomic E-state index is -0.724. The highest BCUT2D eigenvalue weighted by atomic mass is 19.1. The van der Waals surface area contributed by atoms with E-state index in [2.05, 4.69) is 15.3 Å². The predicted octanol–water partition coefficient (Wildman–Crippen LogP) is -1.04. The summed E-state index contributed by atoms with van der Waals surface area (Å²) < 4.78 is 14.1. The zero-order valence-electron chi connectivity index (χ0n) is 9.87. The normalized spacial score (nSPS) is 10.8. The van der Waals surface area contributed by atoms with Crippen LogP contribution < -0.4 is 5.69 Å². The van der Waals surface area contributed by atoms with Crippen LogP contribution in [-0.2, 0) is 6.54 Å². The number of carbonyl (C=O) groups excluding carboxylic acids is 1. The molecule has 2 heterocycles. The highest BCUT2D eigenvalue weighted by Gasteiger charge is 2.18. The van der Waals surface area contributed by atoms with Crippen molar-refractivity contribution >= 4 is 11.6 Å². The standard InChI is InChI=1S/C9H11FN6O2/c1-14(2)8(17)6-7-12-13-16(4-3-10)9(18)15(7)5-11-6/h5H,3-4H2,1-2H3. The summed E-state index contributed by atoms with van der Waals surface area (Å²) in [4.78, 5) is 28.7. The van der Waals surface area contributed by atoms with Crippen molar-refractivity contribution in [1.82, 2.24) is 29.3 Å². The second-order valence-corrected chi connectivity index (χ2v) is 3.77. The number of hydrogen-bond acceptors (Lipinski definition) is 5. The topological polar surface area (TPSA) is 85.4 Å². The van der Waals surface area contributed by atoms with Crippen LogP contribution in [-0.4, -0.2) is 56.0 Å². The molecule has 2 aromatic rings. The fraction of sp³-hybridized carbons (Fsp3) is 0.444. The fourth-order valence-electron chi connectivity index (χ4n) is 1.42. The average molecular weight is 254 g/mol. The van der Waals surface area contributed by atoms with Crippen LogP contribution in [0.1, 0.15) is 10.5 Å². The van der Waals surface area contributed by atoms with Crippen LogP contribution in [0.4, 0.5) is 4.39 Å². The first-order valence-electron chi connectivity index (χ1n) is 5.14. The van der Waals surface area contributed by atoms with E-state index in [1.165, 1.54) is 11.2 Å². The number of fused-ring (bicyclic) bond motifs is 1. The molecule has 0 aliphatic heterocycles. The van der Waals surface area contributed by atoms with Crippen molar-refractivity contribution in [2.75, 3.05) is 20.8 Å². The lowest BCUT2D eigenvalue weighted by molar-refractivity contribution is 0.0824. The van der Waals surface area contributed by atoms with E-state index in [0.717, 1.165) is 9.08 Å². The number of aromatic nitrogens is 5. The Morgan fingerprint density at radius 3 is 2.83 bits per heavy atom. The summed E-state index contributed by atoms with van der Waals surface area (Å²) in [6.07, 6.45) is 1.18. The van der Waals surface area contributed by atoms with Crippen molar-refractivity contribution < 1.29 is 9.18 Å². The molecule has 0 aromatic carbocycles. The molecule has 0 bridgehead atoms. The van der Waals surface area contributed by atoms with Gasteiger partial charge >= 0.3 is 5.69 Å². The molecule has 2 rings (SSSR count). The Balaban J connectivity index is 2.60. The number of amides is 1. The summed E-state index contributed by atoms with van der Waals surface area (Å²) in [7, 11) is 3.12. The van der Waals surface area contributed by atoms with Gasteiger partial charge in [0.25, 0.3) is 5.91 Å². The maximum absolute atomic E-state index is 12.2. The number of imidazole rings is 1. The molecule has 8 nitrogen and oxygen atoms in total. The van der Waals surface area contributed by atoms with Crippen molar-refractivity contribution in [3.8, 4) is 0 Å². The first-order chi connectivity index (χ1) is 8.56. The molecule has 9 heteroatoms. The zero-order valence-corrected chi connectivity index (χ0v) is 9.87. The summed E-state index contributed by atoms with van der Waals surface area (Å²) in [6.45, 7) is -0.908. The lowest BCUT2D eigenvalue weighted by Crippen LogP contribution is -2.31. The lowest BCUT2D eigenvalue weighted by Gasteiger charge is -2.07. The van der Waals surface area contributed by atoms with Crippen LogP contribution in [0.25, 0.3) is 5.65 Å². The predicted molar refractivity (Wildman–Crippen MR) is 59.0 cm³/mol. The molecule has 0 fully saturated rings. The zero-order chi connectivity index (χ0) is 13.3. The number of carbonyl (C=O) groups is 1. The number of aryl methyl sites for hydroxylation is 1. The Kier molecular flexibility index (Phi) is 3.04. The third kappa shape index (κ3) is 1.83. The molecule has 1 amide bonds. The summed E-state index contributed by atoms with van der Waals surface area (Å²) in [5, 5.41) is 7.28. The average Bonchev–Trinajstić information content (AvgIpc) is 2.76. The molecule has 0 N–H and O–H groups in total. The second kappa shape index (κ2) is 4.51. The van der Waals surface area contributed by atoms with Gasteiger partial charge in [-0.05, 0) is 0 Å². The molecular formula is C9H11FN6O2. The third-order valence-electron chi connectivity index (χ3n) is 2.32. The molecule has 0 radical (unpaired) electrons. The van der Waals surface area contributed by atoms with Gasteiger partial charge in [0.2, 0.25) is 0 Å². The van der Waals surface area contributed by atoms with Crippen molar-refractivity contribution in [2.45, 2.75) is 6.54 Å². The van der Waals surface area contributed by atoms with Crippen LogP contribution in [0.2, 0.25) is 0 Å². The van der Waals surface area contributed by atoms with Gasteiger partial charge in [0.15, 0.2) is 11.3 Å². The Morgan fingerprint density at radius 2 is 2.22 bits per heavy atom. The SMILES string of the molecule is CN(C)C(=O)c1ncn2c(=O)n(CCF)nnc12. The molecule has 0 atom stereocenters. The van der Waals surface area contributed by atoms with Gasteiger partial charge in [-0.15, -0.1) is 5.10 Å². The number of rotatable bonds is 3. The molecule has 2 aromatic heterocycles. The Bertz CT molecular complexity index is 646. The van der Waals surface area contributed by atoms with Crippen LogP contribution in [0, 0.1) is 0 Å². The van der Waals surface area contributed by atoms with E-state index < -0.39 is 12.4 Å². The first kappa shape index (κ1) is 12.1. The largest absolute Gasteiger partial charge is 0.353 e. The Hall–Kier alpha value is -2.32. The molecule has 0 saturated carbocycles. The monoisotopic (exact) mass is 254 g/mol. The van der Waals surface area contributed by atoms with E-state index in [0.29, 0.717) is 0 Å². The molecule has 0 aliphatic rings. The minimum Gasteiger partial charge on any atom is -0.343 e. The van der Waals surface area contributed by atoms with Gasteiger partial charge < -0.3 is 4.90 Å². The number of alkyl halides is 1. The van der Waals surface area contributed by atoms with E-state index in [9.17, 15) is 14.0 Å². The lowest BCUT2D eigenvalue weighted by atomic mass is 10.4. The van der Waals surface area contributed by atoms with Crippen molar-refractivity contribution in [3.63, 3.8) is 0 Å². The van der Waals surface area contributed by atoms with Gasteiger partial charge in [-0.25, -0.2) is 18.6 Å². The molecular weight excluding hydrogens is 243 g/mol. The molecule has 18 heavy (non-hydrogen) atoms. The highest BCUT2D eigenvalue weighted by molar-refractivity contribution is 5.97. The van der Waals surface area contributed by atoms with E-state index in [-0.39, 0.29) is 23.8 Å². The Morgan fingerprint density at radius 1 is 1.50 bits per heavy atom. The summed E-state index contributed by atoms with van der Waals surface area (Å²) in [5.74, 6) is -0.380. The molecule has 96 valence electrons. The molecule has 0 saturated heterocycles. The molecule has 0 spiro atoms. The van der Waals surface area contributed by atoms with Crippen LogP contribution in [0.3, 0.4) is 0 Å². The van der Waals surface area contributed by atoms with Gasteiger partial charge in [0, 0.05) is 14.1 Å². The first-order valence-corrected chi connectivity index (χ1v) is 5.14. The van der Waals surface area contributed by atoms with Gasteiger partial charge in [0.05, 0.1) is 6.54 Å². The van der Waals surface area contributed by atoms with Crippen LogP contribution in [0.5, 0.6) is 0 Å². The smallest absolute Gasteiger partial charge is 0.343 e. The number of hydrogen-bond donors (Lipinski definition) is 0. The van der Waals surface area contributed by atoms with Crippen molar-refractivity contribution in [1.29, 1.82) is 0 Å². The highest BCUT2D eigenvalue weighted by Crippen LogP contribution is 2.04. The van der Waals surface area contributed by atoms with Gasteiger partial charge in [-0.1, -0.05) is 5.21 Å². The van der Waals surface area contributed by atoms with E-state index in [1.54, 1.807) is 14.1 Å². The number of nitrogens with zero attached hydrogens (tertiary/aromatic N) is 6. The minimum absolute atomic E-state index is 0.0389. The van der Waals surface area contributed by atoms with E-state index >= 15 is 0 Å². The van der Waals surface area contributed by atoms with Crippen molar-refractivity contribution in [2.24, 2.45) is 0 Å². The molecule has 0 aliphatic carbocycles. The maximum Gasteiger partial charge on any atom is 0.353 e.